The van der Waals surface area contributed by atoms with Crippen molar-refractivity contribution in [2.24, 2.45) is 11.8 Å². The van der Waals surface area contributed by atoms with Crippen molar-refractivity contribution in [1.82, 2.24) is 5.32 Å². The summed E-state index contributed by atoms with van der Waals surface area (Å²) in [5.74, 6) is 2.77. The lowest BCUT2D eigenvalue weighted by Crippen LogP contribution is -2.30. The molecule has 2 unspecified atom stereocenters. The molecule has 0 heterocycles. The molecule has 2 atom stereocenters. The van der Waals surface area contributed by atoms with Gasteiger partial charge in [0.1, 0.15) is 5.75 Å². The van der Waals surface area contributed by atoms with Crippen molar-refractivity contribution in [3.63, 3.8) is 0 Å². The maximum absolute atomic E-state index is 5.68. The van der Waals surface area contributed by atoms with E-state index >= 15 is 0 Å². The van der Waals surface area contributed by atoms with Gasteiger partial charge in [0, 0.05) is 0 Å². The summed E-state index contributed by atoms with van der Waals surface area (Å²) in [6.07, 6.45) is 6.77. The summed E-state index contributed by atoms with van der Waals surface area (Å²) >= 11 is 0. The van der Waals surface area contributed by atoms with Crippen LogP contribution in [0.2, 0.25) is 0 Å². The van der Waals surface area contributed by atoms with E-state index in [-0.39, 0.29) is 0 Å². The second kappa shape index (κ2) is 8.21. The standard InChI is InChI=1S/C17H27NO/c1-15-8-5-6-9-16(15)14-18-12-7-13-19-17-10-3-2-4-11-17/h2-4,10-11,15-16,18H,5-9,12-14H2,1H3. The van der Waals surface area contributed by atoms with E-state index in [1.165, 1.54) is 32.2 Å². The molecule has 0 spiro atoms. The Morgan fingerprint density at radius 3 is 2.74 bits per heavy atom. The predicted octanol–water partition coefficient (Wildman–Crippen LogP) is 3.87. The van der Waals surface area contributed by atoms with E-state index in [9.17, 15) is 0 Å². The fourth-order valence-electron chi connectivity index (χ4n) is 2.89. The molecule has 2 nitrogen and oxygen atoms in total. The highest BCUT2D eigenvalue weighted by molar-refractivity contribution is 5.20. The monoisotopic (exact) mass is 261 g/mol. The molecule has 1 aliphatic carbocycles. The van der Waals surface area contributed by atoms with Crippen LogP contribution in [-0.2, 0) is 0 Å². The van der Waals surface area contributed by atoms with E-state index in [0.717, 1.165) is 37.2 Å². The molecule has 1 aliphatic rings. The van der Waals surface area contributed by atoms with E-state index in [2.05, 4.69) is 12.2 Å². The topological polar surface area (TPSA) is 21.3 Å². The Morgan fingerprint density at radius 2 is 1.95 bits per heavy atom. The van der Waals surface area contributed by atoms with Gasteiger partial charge in [-0.1, -0.05) is 44.4 Å². The number of nitrogens with one attached hydrogen (secondary N) is 1. The Hall–Kier alpha value is -1.02. The van der Waals surface area contributed by atoms with Gasteiger partial charge in [-0.05, 0) is 49.9 Å². The molecule has 2 heteroatoms. The van der Waals surface area contributed by atoms with E-state index in [1.807, 2.05) is 30.3 Å². The number of para-hydroxylation sites is 1. The van der Waals surface area contributed by atoms with E-state index < -0.39 is 0 Å². The first-order chi connectivity index (χ1) is 9.36. The molecule has 1 fully saturated rings. The molecular formula is C17H27NO. The molecule has 1 aromatic carbocycles. The van der Waals surface area contributed by atoms with Gasteiger partial charge in [-0.25, -0.2) is 0 Å². The maximum Gasteiger partial charge on any atom is 0.119 e. The van der Waals surface area contributed by atoms with Crippen molar-refractivity contribution in [2.45, 2.75) is 39.0 Å². The van der Waals surface area contributed by atoms with Gasteiger partial charge >= 0.3 is 0 Å². The number of hydrogen-bond donors (Lipinski definition) is 1. The van der Waals surface area contributed by atoms with Gasteiger partial charge in [0.2, 0.25) is 0 Å². The number of rotatable bonds is 7. The van der Waals surface area contributed by atoms with Crippen LogP contribution < -0.4 is 10.1 Å². The van der Waals surface area contributed by atoms with Gasteiger partial charge in [0.25, 0.3) is 0 Å². The number of benzene rings is 1. The summed E-state index contributed by atoms with van der Waals surface area (Å²) in [6, 6.07) is 10.1. The molecule has 19 heavy (non-hydrogen) atoms. The van der Waals surface area contributed by atoms with Crippen LogP contribution in [0.4, 0.5) is 0 Å². The van der Waals surface area contributed by atoms with Gasteiger partial charge < -0.3 is 10.1 Å². The third-order valence-corrected chi connectivity index (χ3v) is 4.21. The van der Waals surface area contributed by atoms with Crippen molar-refractivity contribution >= 4 is 0 Å². The molecule has 0 amide bonds. The molecule has 0 radical (unpaired) electrons. The summed E-state index contributed by atoms with van der Waals surface area (Å²) in [6.45, 7) is 5.46. The summed E-state index contributed by atoms with van der Waals surface area (Å²) in [5.41, 5.74) is 0. The zero-order valence-electron chi connectivity index (χ0n) is 12.1. The summed E-state index contributed by atoms with van der Waals surface area (Å²) in [4.78, 5) is 0. The van der Waals surface area contributed by atoms with E-state index in [0.29, 0.717) is 0 Å². The Bertz CT molecular complexity index is 338. The Labute approximate surface area is 117 Å². The predicted molar refractivity (Wildman–Crippen MR) is 80.5 cm³/mol. The minimum atomic E-state index is 0.803. The first-order valence-electron chi connectivity index (χ1n) is 7.75. The summed E-state index contributed by atoms with van der Waals surface area (Å²) in [5, 5.41) is 3.59. The van der Waals surface area contributed by atoms with Crippen LogP contribution >= 0.6 is 0 Å². The van der Waals surface area contributed by atoms with Gasteiger partial charge in [-0.15, -0.1) is 0 Å². The zero-order chi connectivity index (χ0) is 13.3. The second-order valence-electron chi connectivity index (χ2n) is 5.74. The van der Waals surface area contributed by atoms with Gasteiger partial charge in [0.15, 0.2) is 0 Å². The molecule has 1 N–H and O–H groups in total. The van der Waals surface area contributed by atoms with Crippen LogP contribution in [0.1, 0.15) is 39.0 Å². The van der Waals surface area contributed by atoms with Crippen LogP contribution in [0.5, 0.6) is 5.75 Å². The highest BCUT2D eigenvalue weighted by atomic mass is 16.5. The fraction of sp³-hybridized carbons (Fsp3) is 0.647. The van der Waals surface area contributed by atoms with Crippen molar-refractivity contribution in [2.75, 3.05) is 19.7 Å². The Balaban J connectivity index is 1.50. The van der Waals surface area contributed by atoms with E-state index in [1.54, 1.807) is 0 Å². The highest BCUT2D eigenvalue weighted by Gasteiger charge is 2.20. The molecule has 106 valence electrons. The minimum absolute atomic E-state index is 0.803. The highest BCUT2D eigenvalue weighted by Crippen LogP contribution is 2.28. The third-order valence-electron chi connectivity index (χ3n) is 4.21. The molecule has 1 aromatic rings. The smallest absolute Gasteiger partial charge is 0.119 e. The zero-order valence-corrected chi connectivity index (χ0v) is 12.1. The Kier molecular flexibility index (Phi) is 6.22. The normalized spacial score (nSPS) is 23.2. The molecule has 0 saturated heterocycles. The molecule has 0 aromatic heterocycles. The van der Waals surface area contributed by atoms with Crippen LogP contribution in [0, 0.1) is 11.8 Å². The van der Waals surface area contributed by atoms with Gasteiger partial charge in [0.05, 0.1) is 6.61 Å². The number of hydrogen-bond acceptors (Lipinski definition) is 2. The molecular weight excluding hydrogens is 234 g/mol. The average Bonchev–Trinajstić information content (AvgIpc) is 2.45. The SMILES string of the molecule is CC1CCCCC1CNCCCOc1ccccc1. The quantitative estimate of drug-likeness (QED) is 0.752. The summed E-state index contributed by atoms with van der Waals surface area (Å²) < 4.78 is 5.68. The van der Waals surface area contributed by atoms with Crippen LogP contribution in [0.3, 0.4) is 0 Å². The van der Waals surface area contributed by atoms with Crippen molar-refractivity contribution < 1.29 is 4.74 Å². The first-order valence-corrected chi connectivity index (χ1v) is 7.75. The fourth-order valence-corrected chi connectivity index (χ4v) is 2.89. The largest absolute Gasteiger partial charge is 0.494 e. The number of ether oxygens (including phenoxy) is 1. The summed E-state index contributed by atoms with van der Waals surface area (Å²) in [7, 11) is 0. The maximum atomic E-state index is 5.68. The second-order valence-corrected chi connectivity index (χ2v) is 5.74. The molecule has 0 bridgehead atoms. The Morgan fingerprint density at radius 1 is 1.16 bits per heavy atom. The molecule has 0 aliphatic heterocycles. The minimum Gasteiger partial charge on any atom is -0.494 e. The lowest BCUT2D eigenvalue weighted by Gasteiger charge is -2.28. The lowest BCUT2D eigenvalue weighted by atomic mass is 9.80. The van der Waals surface area contributed by atoms with Gasteiger partial charge in [-0.2, -0.15) is 0 Å². The van der Waals surface area contributed by atoms with Crippen LogP contribution in [0.25, 0.3) is 0 Å². The first kappa shape index (κ1) is 14.4. The van der Waals surface area contributed by atoms with Crippen molar-refractivity contribution in [1.29, 1.82) is 0 Å². The van der Waals surface area contributed by atoms with E-state index in [4.69, 9.17) is 4.74 Å². The molecule has 1 saturated carbocycles. The van der Waals surface area contributed by atoms with Crippen molar-refractivity contribution in [3.05, 3.63) is 30.3 Å². The lowest BCUT2D eigenvalue weighted by molar-refractivity contribution is 0.244. The van der Waals surface area contributed by atoms with Crippen LogP contribution in [-0.4, -0.2) is 19.7 Å². The third kappa shape index (κ3) is 5.23. The van der Waals surface area contributed by atoms with Crippen LogP contribution in [0.15, 0.2) is 30.3 Å². The van der Waals surface area contributed by atoms with Gasteiger partial charge in [-0.3, -0.25) is 0 Å². The average molecular weight is 261 g/mol. The molecule has 2 rings (SSSR count). The van der Waals surface area contributed by atoms with Crippen molar-refractivity contribution in [3.8, 4) is 5.75 Å².